The summed E-state index contributed by atoms with van der Waals surface area (Å²) < 4.78 is 10.5. The normalized spacial score (nSPS) is 11.3. The molecule has 29 heavy (non-hydrogen) atoms. The largest absolute Gasteiger partial charge is 0.497 e. The van der Waals surface area contributed by atoms with Crippen LogP contribution in [0.15, 0.2) is 58.0 Å². The van der Waals surface area contributed by atoms with Crippen molar-refractivity contribution in [3.63, 3.8) is 0 Å². The van der Waals surface area contributed by atoms with E-state index < -0.39 is 0 Å². The number of hydrogen-bond acceptors (Lipinski definition) is 5. The quantitative estimate of drug-likeness (QED) is 0.435. The van der Waals surface area contributed by atoms with E-state index in [-0.39, 0.29) is 0 Å². The minimum absolute atomic E-state index is 0.554. The van der Waals surface area contributed by atoms with Crippen LogP contribution >= 0.6 is 11.6 Å². The zero-order valence-electron chi connectivity index (χ0n) is 16.5. The molecule has 7 nitrogen and oxygen atoms in total. The Morgan fingerprint density at radius 1 is 1.03 bits per heavy atom. The number of aliphatic imine (C=N–C) groups is 1. The number of halogens is 1. The second-order valence-electron chi connectivity index (χ2n) is 6.29. The number of nitrogens with zero attached hydrogens (tertiary/aromatic N) is 3. The lowest BCUT2D eigenvalue weighted by Crippen LogP contribution is -2.39. The molecule has 0 fully saturated rings. The van der Waals surface area contributed by atoms with Crippen molar-refractivity contribution < 1.29 is 9.26 Å². The lowest BCUT2D eigenvalue weighted by Gasteiger charge is -2.11. The van der Waals surface area contributed by atoms with Gasteiger partial charge in [-0.3, -0.25) is 4.99 Å². The highest BCUT2D eigenvalue weighted by Crippen LogP contribution is 2.18. The van der Waals surface area contributed by atoms with Crippen LogP contribution in [0.3, 0.4) is 0 Å². The second kappa shape index (κ2) is 10.5. The zero-order valence-corrected chi connectivity index (χ0v) is 17.2. The van der Waals surface area contributed by atoms with Crippen molar-refractivity contribution in [2.45, 2.75) is 12.8 Å². The summed E-state index contributed by atoms with van der Waals surface area (Å²) in [6, 6.07) is 15.4. The van der Waals surface area contributed by atoms with Gasteiger partial charge in [0.05, 0.1) is 7.11 Å². The molecule has 1 heterocycles. The minimum Gasteiger partial charge on any atom is -0.497 e. The molecule has 1 aromatic heterocycles. The number of rotatable bonds is 8. The van der Waals surface area contributed by atoms with Crippen molar-refractivity contribution in [3.8, 4) is 17.1 Å². The number of guanidine groups is 1. The van der Waals surface area contributed by atoms with Crippen LogP contribution < -0.4 is 15.4 Å². The molecular formula is C21H24ClN5O2. The predicted octanol–water partition coefficient (Wildman–Crippen LogP) is 3.35. The lowest BCUT2D eigenvalue weighted by molar-refractivity contribution is 0.378. The molecule has 3 aromatic rings. The van der Waals surface area contributed by atoms with Gasteiger partial charge in [-0.1, -0.05) is 28.9 Å². The van der Waals surface area contributed by atoms with Gasteiger partial charge in [-0.05, 0) is 48.4 Å². The fourth-order valence-electron chi connectivity index (χ4n) is 2.70. The van der Waals surface area contributed by atoms with Gasteiger partial charge in [0.25, 0.3) is 0 Å². The highest BCUT2D eigenvalue weighted by atomic mass is 35.5. The van der Waals surface area contributed by atoms with Crippen LogP contribution in [0.5, 0.6) is 5.75 Å². The smallest absolute Gasteiger partial charge is 0.228 e. The van der Waals surface area contributed by atoms with E-state index >= 15 is 0 Å². The Hall–Kier alpha value is -3.06. The van der Waals surface area contributed by atoms with Gasteiger partial charge in [0, 0.05) is 37.1 Å². The van der Waals surface area contributed by atoms with Crippen LogP contribution in [-0.4, -0.2) is 43.3 Å². The Morgan fingerprint density at radius 2 is 1.72 bits per heavy atom. The van der Waals surface area contributed by atoms with Crippen molar-refractivity contribution >= 4 is 17.6 Å². The van der Waals surface area contributed by atoms with Crippen LogP contribution in [0, 0.1) is 0 Å². The molecule has 3 rings (SSSR count). The second-order valence-corrected chi connectivity index (χ2v) is 6.73. The molecule has 0 aliphatic carbocycles. The number of ether oxygens (including phenoxy) is 1. The Kier molecular flexibility index (Phi) is 7.47. The molecule has 0 radical (unpaired) electrons. The molecule has 0 aliphatic heterocycles. The molecule has 0 saturated heterocycles. The molecule has 0 aliphatic rings. The monoisotopic (exact) mass is 413 g/mol. The maximum atomic E-state index is 5.90. The first-order valence-corrected chi connectivity index (χ1v) is 9.71. The summed E-state index contributed by atoms with van der Waals surface area (Å²) in [5.41, 5.74) is 2.10. The van der Waals surface area contributed by atoms with Gasteiger partial charge in [-0.2, -0.15) is 4.98 Å². The SMILES string of the molecule is CN=C(NCCc1ccc(OC)cc1)NCCc1nc(-c2ccc(Cl)cc2)no1. The third kappa shape index (κ3) is 6.22. The van der Waals surface area contributed by atoms with Crippen molar-refractivity contribution in [1.82, 2.24) is 20.8 Å². The molecule has 0 unspecified atom stereocenters. The number of aromatic nitrogens is 2. The van der Waals surface area contributed by atoms with Crippen LogP contribution in [0.4, 0.5) is 0 Å². The van der Waals surface area contributed by atoms with E-state index in [9.17, 15) is 0 Å². The van der Waals surface area contributed by atoms with E-state index in [4.69, 9.17) is 20.9 Å². The third-order valence-electron chi connectivity index (χ3n) is 4.29. The first-order valence-electron chi connectivity index (χ1n) is 9.34. The summed E-state index contributed by atoms with van der Waals surface area (Å²) in [6.45, 7) is 1.40. The van der Waals surface area contributed by atoms with Crippen LogP contribution in [-0.2, 0) is 12.8 Å². The summed E-state index contributed by atoms with van der Waals surface area (Å²) in [5, 5.41) is 11.2. The molecule has 8 heteroatoms. The van der Waals surface area contributed by atoms with Crippen molar-refractivity contribution in [2.75, 3.05) is 27.2 Å². The van der Waals surface area contributed by atoms with Gasteiger partial charge in [0.1, 0.15) is 5.75 Å². The standard InChI is InChI=1S/C21H24ClN5O2/c1-23-21(24-13-11-15-3-9-18(28-2)10-4-15)25-14-12-19-26-20(27-29-19)16-5-7-17(22)8-6-16/h3-10H,11-14H2,1-2H3,(H2,23,24,25). The number of nitrogens with one attached hydrogen (secondary N) is 2. The van der Waals surface area contributed by atoms with E-state index in [0.29, 0.717) is 29.7 Å². The molecule has 2 aromatic carbocycles. The number of benzene rings is 2. The summed E-state index contributed by atoms with van der Waals surface area (Å²) in [6.07, 6.45) is 1.48. The molecule has 0 bridgehead atoms. The summed E-state index contributed by atoms with van der Waals surface area (Å²) in [5.74, 6) is 2.71. The van der Waals surface area contributed by atoms with Crippen LogP contribution in [0.25, 0.3) is 11.4 Å². The molecule has 0 saturated carbocycles. The summed E-state index contributed by atoms with van der Waals surface area (Å²) >= 11 is 5.90. The molecular weight excluding hydrogens is 390 g/mol. The van der Waals surface area contributed by atoms with E-state index in [1.807, 2.05) is 24.3 Å². The van der Waals surface area contributed by atoms with Crippen LogP contribution in [0.2, 0.25) is 5.02 Å². The summed E-state index contributed by atoms with van der Waals surface area (Å²) in [4.78, 5) is 8.65. The van der Waals surface area contributed by atoms with Crippen molar-refractivity contribution in [3.05, 3.63) is 65.0 Å². The maximum Gasteiger partial charge on any atom is 0.228 e. The predicted molar refractivity (Wildman–Crippen MR) is 115 cm³/mol. The van der Waals surface area contributed by atoms with E-state index in [1.165, 1.54) is 5.56 Å². The maximum absolute atomic E-state index is 5.90. The molecule has 0 atom stereocenters. The lowest BCUT2D eigenvalue weighted by atomic mass is 10.1. The number of hydrogen-bond donors (Lipinski definition) is 2. The van der Waals surface area contributed by atoms with Gasteiger partial charge in [0.15, 0.2) is 5.96 Å². The fourth-order valence-corrected chi connectivity index (χ4v) is 2.82. The average Bonchev–Trinajstić information content (AvgIpc) is 3.22. The first-order chi connectivity index (χ1) is 14.2. The first kappa shape index (κ1) is 20.7. The van der Waals surface area contributed by atoms with E-state index in [2.05, 4.69) is 37.9 Å². The van der Waals surface area contributed by atoms with Gasteiger partial charge >= 0.3 is 0 Å². The molecule has 152 valence electrons. The van der Waals surface area contributed by atoms with Gasteiger partial charge in [-0.25, -0.2) is 0 Å². The molecule has 0 spiro atoms. The minimum atomic E-state index is 0.554. The van der Waals surface area contributed by atoms with Crippen molar-refractivity contribution in [2.24, 2.45) is 4.99 Å². The van der Waals surface area contributed by atoms with Crippen molar-refractivity contribution in [1.29, 1.82) is 0 Å². The van der Waals surface area contributed by atoms with Crippen LogP contribution in [0.1, 0.15) is 11.5 Å². The Balaban J connectivity index is 1.41. The zero-order chi connectivity index (χ0) is 20.5. The highest BCUT2D eigenvalue weighted by Gasteiger charge is 2.08. The third-order valence-corrected chi connectivity index (χ3v) is 4.54. The van der Waals surface area contributed by atoms with E-state index in [1.54, 1.807) is 26.3 Å². The fraction of sp³-hybridized carbons (Fsp3) is 0.286. The number of methoxy groups -OCH3 is 1. The topological polar surface area (TPSA) is 84.6 Å². The summed E-state index contributed by atoms with van der Waals surface area (Å²) in [7, 11) is 3.41. The van der Waals surface area contributed by atoms with E-state index in [0.717, 1.165) is 30.2 Å². The van der Waals surface area contributed by atoms with Gasteiger partial charge < -0.3 is 19.9 Å². The Bertz CT molecular complexity index is 923. The van der Waals surface area contributed by atoms with Gasteiger partial charge in [0.2, 0.25) is 11.7 Å². The highest BCUT2D eigenvalue weighted by molar-refractivity contribution is 6.30. The Morgan fingerprint density at radius 3 is 2.38 bits per heavy atom. The van der Waals surface area contributed by atoms with Gasteiger partial charge in [-0.15, -0.1) is 0 Å². The average molecular weight is 414 g/mol. The molecule has 2 N–H and O–H groups in total. The Labute approximate surface area is 175 Å². The molecule has 0 amide bonds.